The molecule has 3 nitrogen and oxygen atoms in total. The van der Waals surface area contributed by atoms with Gasteiger partial charge in [0.05, 0.1) is 0 Å². The van der Waals surface area contributed by atoms with Gasteiger partial charge in [-0.05, 0) is 24.9 Å². The summed E-state index contributed by atoms with van der Waals surface area (Å²) in [5.74, 6) is 0.588. The summed E-state index contributed by atoms with van der Waals surface area (Å²) in [6.45, 7) is 2.74. The van der Waals surface area contributed by atoms with Gasteiger partial charge in [-0.1, -0.05) is 13.3 Å². The van der Waals surface area contributed by atoms with Gasteiger partial charge in [-0.2, -0.15) is 11.8 Å². The molecule has 1 atom stereocenters. The average Bonchev–Trinajstić information content (AvgIpc) is 2.14. The van der Waals surface area contributed by atoms with Crippen LogP contribution in [0, 0.1) is 0 Å². The molecular formula is C9H19NO2S. The number of rotatable bonds is 7. The minimum absolute atomic E-state index is 0.234. The van der Waals surface area contributed by atoms with Gasteiger partial charge in [0, 0.05) is 6.54 Å². The highest BCUT2D eigenvalue weighted by Gasteiger charge is 2.12. The van der Waals surface area contributed by atoms with Gasteiger partial charge >= 0.3 is 0 Å². The first-order chi connectivity index (χ1) is 6.22. The number of thioether (sulfide) groups is 1. The van der Waals surface area contributed by atoms with Crippen LogP contribution in [0.15, 0.2) is 0 Å². The van der Waals surface area contributed by atoms with Crippen LogP contribution < -0.4 is 5.32 Å². The molecule has 0 aromatic carbocycles. The van der Waals surface area contributed by atoms with E-state index in [1.54, 1.807) is 11.8 Å². The highest BCUT2D eigenvalue weighted by atomic mass is 32.2. The monoisotopic (exact) mass is 205 g/mol. The van der Waals surface area contributed by atoms with E-state index in [2.05, 4.69) is 12.2 Å². The maximum absolute atomic E-state index is 11.2. The van der Waals surface area contributed by atoms with Crippen LogP contribution in [0.25, 0.3) is 0 Å². The van der Waals surface area contributed by atoms with Crippen molar-refractivity contribution in [2.45, 2.75) is 32.3 Å². The number of unbranched alkanes of at least 4 members (excludes halogenated alkanes) is 1. The molecule has 2 N–H and O–H groups in total. The first-order valence-electron chi connectivity index (χ1n) is 4.67. The maximum atomic E-state index is 11.2. The number of hydrogen-bond acceptors (Lipinski definition) is 3. The molecule has 1 unspecified atom stereocenters. The van der Waals surface area contributed by atoms with Crippen LogP contribution in [0.3, 0.4) is 0 Å². The molecule has 4 heteroatoms. The summed E-state index contributed by atoms with van der Waals surface area (Å²) in [5.41, 5.74) is 0. The van der Waals surface area contributed by atoms with E-state index in [1.807, 2.05) is 6.26 Å². The summed E-state index contributed by atoms with van der Waals surface area (Å²) in [4.78, 5) is 11.2. The van der Waals surface area contributed by atoms with E-state index in [-0.39, 0.29) is 5.91 Å². The number of aliphatic hydroxyl groups is 1. The Bertz CT molecular complexity index is 142. The number of carbonyl (C=O) groups excluding carboxylic acids is 1. The second-order valence-electron chi connectivity index (χ2n) is 2.94. The fourth-order valence-corrected chi connectivity index (χ4v) is 1.33. The van der Waals surface area contributed by atoms with Crippen molar-refractivity contribution in [1.29, 1.82) is 0 Å². The Balaban J connectivity index is 3.45. The summed E-state index contributed by atoms with van der Waals surface area (Å²) in [6.07, 6.45) is 3.70. The number of amides is 1. The average molecular weight is 205 g/mol. The highest BCUT2D eigenvalue weighted by molar-refractivity contribution is 7.98. The molecule has 0 fully saturated rings. The van der Waals surface area contributed by atoms with E-state index in [0.717, 1.165) is 18.6 Å². The summed E-state index contributed by atoms with van der Waals surface area (Å²) in [5, 5.41) is 12.0. The van der Waals surface area contributed by atoms with Crippen LogP contribution in [0.1, 0.15) is 26.2 Å². The van der Waals surface area contributed by atoms with Crippen LogP contribution in [-0.2, 0) is 4.79 Å². The molecule has 0 radical (unpaired) electrons. The van der Waals surface area contributed by atoms with E-state index in [1.165, 1.54) is 0 Å². The summed E-state index contributed by atoms with van der Waals surface area (Å²) < 4.78 is 0. The molecule has 0 heterocycles. The molecular weight excluding hydrogens is 186 g/mol. The van der Waals surface area contributed by atoms with Gasteiger partial charge in [0.15, 0.2) is 0 Å². The second kappa shape index (κ2) is 8.38. The summed E-state index contributed by atoms with van der Waals surface area (Å²) in [7, 11) is 0. The standard InChI is InChI=1S/C9H19NO2S/c1-3-4-6-10-9(12)8(11)5-7-13-2/h8,11H,3-7H2,1-2H3,(H,10,12). The fraction of sp³-hybridized carbons (Fsp3) is 0.889. The minimum Gasteiger partial charge on any atom is -0.383 e. The lowest BCUT2D eigenvalue weighted by atomic mass is 10.2. The highest BCUT2D eigenvalue weighted by Crippen LogP contribution is 2.00. The van der Waals surface area contributed by atoms with E-state index < -0.39 is 6.10 Å². The zero-order valence-corrected chi connectivity index (χ0v) is 9.19. The molecule has 0 aliphatic carbocycles. The summed E-state index contributed by atoms with van der Waals surface area (Å²) in [6, 6.07) is 0. The van der Waals surface area contributed by atoms with Gasteiger partial charge in [-0.15, -0.1) is 0 Å². The first kappa shape index (κ1) is 12.8. The molecule has 0 aromatic rings. The van der Waals surface area contributed by atoms with E-state index in [9.17, 15) is 9.90 Å². The second-order valence-corrected chi connectivity index (χ2v) is 3.93. The molecule has 13 heavy (non-hydrogen) atoms. The van der Waals surface area contributed by atoms with Crippen molar-refractivity contribution in [2.75, 3.05) is 18.6 Å². The zero-order chi connectivity index (χ0) is 10.1. The molecule has 0 aliphatic rings. The Hall–Kier alpha value is -0.220. The van der Waals surface area contributed by atoms with E-state index >= 15 is 0 Å². The van der Waals surface area contributed by atoms with Crippen LogP contribution in [-0.4, -0.2) is 35.7 Å². The van der Waals surface area contributed by atoms with Crippen LogP contribution >= 0.6 is 11.8 Å². The molecule has 0 saturated carbocycles. The molecule has 0 aliphatic heterocycles. The molecule has 78 valence electrons. The number of aliphatic hydroxyl groups excluding tert-OH is 1. The molecule has 0 bridgehead atoms. The van der Waals surface area contributed by atoms with Crippen molar-refractivity contribution in [3.8, 4) is 0 Å². The molecule has 0 saturated heterocycles. The minimum atomic E-state index is -0.829. The predicted molar refractivity (Wildman–Crippen MR) is 56.9 cm³/mol. The third kappa shape index (κ3) is 6.90. The van der Waals surface area contributed by atoms with Crippen molar-refractivity contribution >= 4 is 17.7 Å². The van der Waals surface area contributed by atoms with E-state index in [4.69, 9.17) is 0 Å². The lowest BCUT2D eigenvalue weighted by Crippen LogP contribution is -2.35. The Morgan fingerprint density at radius 2 is 2.31 bits per heavy atom. The third-order valence-electron chi connectivity index (χ3n) is 1.73. The largest absolute Gasteiger partial charge is 0.383 e. The molecule has 0 aromatic heterocycles. The number of hydrogen-bond donors (Lipinski definition) is 2. The van der Waals surface area contributed by atoms with Crippen LogP contribution in [0.5, 0.6) is 0 Å². The SMILES string of the molecule is CCCCNC(=O)C(O)CCSC. The van der Waals surface area contributed by atoms with Gasteiger partial charge in [-0.3, -0.25) is 4.79 Å². The smallest absolute Gasteiger partial charge is 0.248 e. The Morgan fingerprint density at radius 1 is 1.62 bits per heavy atom. The molecule has 0 spiro atoms. The topological polar surface area (TPSA) is 49.3 Å². The lowest BCUT2D eigenvalue weighted by Gasteiger charge is -2.09. The van der Waals surface area contributed by atoms with Crippen molar-refractivity contribution < 1.29 is 9.90 Å². The van der Waals surface area contributed by atoms with Crippen molar-refractivity contribution in [3.63, 3.8) is 0 Å². The predicted octanol–water partition coefficient (Wildman–Crippen LogP) is 1.02. The summed E-state index contributed by atoms with van der Waals surface area (Å²) >= 11 is 1.64. The molecule has 0 rings (SSSR count). The van der Waals surface area contributed by atoms with Crippen LogP contribution in [0.2, 0.25) is 0 Å². The van der Waals surface area contributed by atoms with Crippen molar-refractivity contribution in [2.24, 2.45) is 0 Å². The van der Waals surface area contributed by atoms with Gasteiger partial charge in [0.2, 0.25) is 5.91 Å². The Kier molecular flexibility index (Phi) is 8.24. The quantitative estimate of drug-likeness (QED) is 0.610. The number of nitrogens with one attached hydrogen (secondary N) is 1. The normalized spacial score (nSPS) is 12.5. The van der Waals surface area contributed by atoms with E-state index in [0.29, 0.717) is 13.0 Å². The van der Waals surface area contributed by atoms with Gasteiger partial charge < -0.3 is 10.4 Å². The Labute approximate surface area is 84.3 Å². The maximum Gasteiger partial charge on any atom is 0.248 e. The van der Waals surface area contributed by atoms with Gasteiger partial charge in [-0.25, -0.2) is 0 Å². The van der Waals surface area contributed by atoms with Gasteiger partial charge in [0.25, 0.3) is 0 Å². The zero-order valence-electron chi connectivity index (χ0n) is 8.38. The molecule has 1 amide bonds. The van der Waals surface area contributed by atoms with Crippen molar-refractivity contribution in [3.05, 3.63) is 0 Å². The first-order valence-corrected chi connectivity index (χ1v) is 6.06. The number of carbonyl (C=O) groups is 1. The lowest BCUT2D eigenvalue weighted by molar-refractivity contribution is -0.129. The van der Waals surface area contributed by atoms with Crippen molar-refractivity contribution in [1.82, 2.24) is 5.32 Å². The Morgan fingerprint density at radius 3 is 2.85 bits per heavy atom. The van der Waals surface area contributed by atoms with Gasteiger partial charge in [0.1, 0.15) is 6.10 Å². The fourth-order valence-electron chi connectivity index (χ4n) is 0.867. The third-order valence-corrected chi connectivity index (χ3v) is 2.37. The van der Waals surface area contributed by atoms with Crippen LogP contribution in [0.4, 0.5) is 0 Å².